The SMILES string of the molecule is CCOc1ccc(C2CC(=O)NC3=C2C(=O)CC(c2cc(OC)c(OC)c(OC)c2)C3)cc1. The Morgan fingerprint density at radius 2 is 1.55 bits per heavy atom. The van der Waals surface area contributed by atoms with Crippen molar-refractivity contribution >= 4 is 11.7 Å². The normalized spacial score (nSPS) is 20.1. The van der Waals surface area contributed by atoms with Crippen LogP contribution in [-0.2, 0) is 9.59 Å². The molecule has 0 saturated heterocycles. The first-order chi connectivity index (χ1) is 16.0. The number of Topliss-reactive ketones (excluding diaryl/α,β-unsaturated/α-hetero) is 1. The quantitative estimate of drug-likeness (QED) is 0.682. The van der Waals surface area contributed by atoms with E-state index in [2.05, 4.69) is 5.32 Å². The Kier molecular flexibility index (Phi) is 6.58. The van der Waals surface area contributed by atoms with Crippen LogP contribution in [0.3, 0.4) is 0 Å². The van der Waals surface area contributed by atoms with Crippen LogP contribution >= 0.6 is 0 Å². The van der Waals surface area contributed by atoms with Gasteiger partial charge in [-0.2, -0.15) is 0 Å². The standard InChI is InChI=1S/C26H29NO6/c1-5-33-18-8-6-15(7-9-18)19-14-24(29)27-20-10-16(11-21(28)25(19)20)17-12-22(30-2)26(32-4)23(13-17)31-3/h6-9,12-13,16,19H,5,10-11,14H2,1-4H3,(H,27,29). The van der Waals surface area contributed by atoms with E-state index < -0.39 is 0 Å². The number of amides is 1. The second-order valence-corrected chi connectivity index (χ2v) is 8.19. The first-order valence-corrected chi connectivity index (χ1v) is 11.1. The summed E-state index contributed by atoms with van der Waals surface area (Å²) in [4.78, 5) is 26.0. The molecule has 2 aromatic carbocycles. The molecule has 1 aliphatic heterocycles. The zero-order chi connectivity index (χ0) is 23.5. The van der Waals surface area contributed by atoms with Gasteiger partial charge in [0, 0.05) is 30.0 Å². The first kappa shape index (κ1) is 22.7. The van der Waals surface area contributed by atoms with E-state index in [-0.39, 0.29) is 29.9 Å². The van der Waals surface area contributed by atoms with Gasteiger partial charge in [-0.15, -0.1) is 0 Å². The molecule has 2 aromatic rings. The Labute approximate surface area is 193 Å². The highest BCUT2D eigenvalue weighted by Crippen LogP contribution is 2.46. The fourth-order valence-electron chi connectivity index (χ4n) is 4.78. The fourth-order valence-corrected chi connectivity index (χ4v) is 4.78. The zero-order valence-corrected chi connectivity index (χ0v) is 19.4. The minimum Gasteiger partial charge on any atom is -0.494 e. The molecular formula is C26H29NO6. The summed E-state index contributed by atoms with van der Waals surface area (Å²) in [6, 6.07) is 11.4. The largest absolute Gasteiger partial charge is 0.494 e. The number of ether oxygens (including phenoxy) is 4. The molecule has 1 N–H and O–H groups in total. The second-order valence-electron chi connectivity index (χ2n) is 8.19. The molecule has 1 amide bonds. The van der Waals surface area contributed by atoms with E-state index in [0.717, 1.165) is 16.9 Å². The number of hydrogen-bond donors (Lipinski definition) is 1. The summed E-state index contributed by atoms with van der Waals surface area (Å²) in [6.45, 7) is 2.52. The van der Waals surface area contributed by atoms with Gasteiger partial charge in [0.2, 0.25) is 11.7 Å². The predicted octanol–water partition coefficient (Wildman–Crippen LogP) is 4.12. The lowest BCUT2D eigenvalue weighted by atomic mass is 9.73. The van der Waals surface area contributed by atoms with Gasteiger partial charge in [0.25, 0.3) is 0 Å². The molecule has 0 aromatic heterocycles. The molecule has 2 atom stereocenters. The third-order valence-electron chi connectivity index (χ3n) is 6.29. The Morgan fingerprint density at radius 1 is 0.879 bits per heavy atom. The van der Waals surface area contributed by atoms with Crippen molar-refractivity contribution in [3.63, 3.8) is 0 Å². The summed E-state index contributed by atoms with van der Waals surface area (Å²) in [6.07, 6.45) is 1.16. The van der Waals surface area contributed by atoms with Crippen molar-refractivity contribution in [1.82, 2.24) is 5.32 Å². The molecule has 2 unspecified atom stereocenters. The van der Waals surface area contributed by atoms with Gasteiger partial charge in [-0.05, 0) is 54.7 Å². The second kappa shape index (κ2) is 9.57. The van der Waals surface area contributed by atoms with Crippen molar-refractivity contribution in [1.29, 1.82) is 0 Å². The van der Waals surface area contributed by atoms with Gasteiger partial charge in [0.05, 0.1) is 27.9 Å². The number of methoxy groups -OCH3 is 3. The monoisotopic (exact) mass is 451 g/mol. The summed E-state index contributed by atoms with van der Waals surface area (Å²) >= 11 is 0. The van der Waals surface area contributed by atoms with Gasteiger partial charge in [0.15, 0.2) is 17.3 Å². The summed E-state index contributed by atoms with van der Waals surface area (Å²) < 4.78 is 21.9. The number of ketones is 1. The number of carbonyl (C=O) groups is 2. The lowest BCUT2D eigenvalue weighted by Crippen LogP contribution is -2.38. The molecule has 7 heteroatoms. The van der Waals surface area contributed by atoms with Gasteiger partial charge < -0.3 is 24.3 Å². The maximum atomic E-state index is 13.4. The van der Waals surface area contributed by atoms with E-state index in [9.17, 15) is 9.59 Å². The van der Waals surface area contributed by atoms with Crippen LogP contribution in [0, 0.1) is 0 Å². The molecule has 7 nitrogen and oxygen atoms in total. The number of nitrogens with one attached hydrogen (secondary N) is 1. The van der Waals surface area contributed by atoms with Crippen LogP contribution in [0.25, 0.3) is 0 Å². The smallest absolute Gasteiger partial charge is 0.225 e. The van der Waals surface area contributed by atoms with E-state index in [1.165, 1.54) is 0 Å². The van der Waals surface area contributed by atoms with E-state index in [1.807, 2.05) is 43.3 Å². The lowest BCUT2D eigenvalue weighted by molar-refractivity contribution is -0.122. The topological polar surface area (TPSA) is 83.1 Å². The molecule has 1 heterocycles. The van der Waals surface area contributed by atoms with Crippen molar-refractivity contribution < 1.29 is 28.5 Å². The van der Waals surface area contributed by atoms with E-state index in [1.54, 1.807) is 21.3 Å². The van der Waals surface area contributed by atoms with Gasteiger partial charge in [-0.1, -0.05) is 12.1 Å². The summed E-state index contributed by atoms with van der Waals surface area (Å²) in [7, 11) is 4.69. The maximum absolute atomic E-state index is 13.4. The Balaban J connectivity index is 1.68. The average Bonchev–Trinajstić information content (AvgIpc) is 2.82. The van der Waals surface area contributed by atoms with Gasteiger partial charge in [-0.3, -0.25) is 9.59 Å². The predicted molar refractivity (Wildman–Crippen MR) is 123 cm³/mol. The molecule has 0 bridgehead atoms. The summed E-state index contributed by atoms with van der Waals surface area (Å²) in [5.74, 6) is 1.97. The number of carbonyl (C=O) groups excluding carboxylic acids is 2. The van der Waals surface area contributed by atoms with Crippen LogP contribution in [0.4, 0.5) is 0 Å². The zero-order valence-electron chi connectivity index (χ0n) is 19.4. The highest BCUT2D eigenvalue weighted by atomic mass is 16.5. The van der Waals surface area contributed by atoms with E-state index in [4.69, 9.17) is 18.9 Å². The highest BCUT2D eigenvalue weighted by Gasteiger charge is 2.38. The van der Waals surface area contributed by atoms with Crippen molar-refractivity contribution in [3.05, 3.63) is 58.8 Å². The Hall–Kier alpha value is -3.48. The molecule has 2 aliphatic rings. The van der Waals surface area contributed by atoms with Crippen molar-refractivity contribution in [2.45, 2.75) is 38.0 Å². The fraction of sp³-hybridized carbons (Fsp3) is 0.385. The molecule has 4 rings (SSSR count). The van der Waals surface area contributed by atoms with Crippen LogP contribution in [-0.4, -0.2) is 39.6 Å². The number of rotatable bonds is 7. The van der Waals surface area contributed by atoms with Gasteiger partial charge in [-0.25, -0.2) is 0 Å². The minimum absolute atomic E-state index is 0.0499. The van der Waals surface area contributed by atoms with Crippen molar-refractivity contribution in [2.24, 2.45) is 0 Å². The lowest BCUT2D eigenvalue weighted by Gasteiger charge is -2.34. The van der Waals surface area contributed by atoms with Gasteiger partial charge >= 0.3 is 0 Å². The molecule has 1 aliphatic carbocycles. The van der Waals surface area contributed by atoms with E-state index >= 15 is 0 Å². The highest BCUT2D eigenvalue weighted by molar-refractivity contribution is 6.02. The van der Waals surface area contributed by atoms with Crippen LogP contribution in [0.5, 0.6) is 23.0 Å². The molecule has 33 heavy (non-hydrogen) atoms. The van der Waals surface area contributed by atoms with Crippen LogP contribution in [0.2, 0.25) is 0 Å². The number of benzene rings is 2. The van der Waals surface area contributed by atoms with Crippen LogP contribution in [0.15, 0.2) is 47.7 Å². The third-order valence-corrected chi connectivity index (χ3v) is 6.29. The molecule has 0 saturated carbocycles. The first-order valence-electron chi connectivity index (χ1n) is 11.1. The van der Waals surface area contributed by atoms with Gasteiger partial charge in [0.1, 0.15) is 5.75 Å². The van der Waals surface area contributed by atoms with E-state index in [0.29, 0.717) is 48.0 Å². The molecule has 0 radical (unpaired) electrons. The minimum atomic E-state index is -0.252. The average molecular weight is 452 g/mol. The number of hydrogen-bond acceptors (Lipinski definition) is 6. The van der Waals surface area contributed by atoms with Crippen molar-refractivity contribution in [2.75, 3.05) is 27.9 Å². The molecule has 174 valence electrons. The molecule has 0 spiro atoms. The van der Waals surface area contributed by atoms with Crippen molar-refractivity contribution in [3.8, 4) is 23.0 Å². The molecule has 0 fully saturated rings. The van der Waals surface area contributed by atoms with Crippen LogP contribution < -0.4 is 24.3 Å². The summed E-state index contributed by atoms with van der Waals surface area (Å²) in [5.41, 5.74) is 3.27. The summed E-state index contributed by atoms with van der Waals surface area (Å²) in [5, 5.41) is 2.97. The Bertz CT molecular complexity index is 1060. The Morgan fingerprint density at radius 3 is 2.12 bits per heavy atom. The van der Waals surface area contributed by atoms with Crippen LogP contribution in [0.1, 0.15) is 49.1 Å². The third kappa shape index (κ3) is 4.40. The molecular weight excluding hydrogens is 422 g/mol. The number of allylic oxidation sites excluding steroid dienone is 2. The maximum Gasteiger partial charge on any atom is 0.225 e.